The number of likely N-dealkylation sites (N-methyl/N-ethyl adjacent to an activating group) is 1. The average molecular weight is 305 g/mol. The molecule has 3 aliphatic rings. The van der Waals surface area contributed by atoms with E-state index in [9.17, 15) is 9.59 Å². The second-order valence-corrected chi connectivity index (χ2v) is 6.32. The molecule has 1 fully saturated rings. The van der Waals surface area contributed by atoms with Gasteiger partial charge in [-0.1, -0.05) is 6.08 Å². The average Bonchev–Trinajstić information content (AvgIpc) is 2.49. The maximum Gasteiger partial charge on any atom is 0.250 e. The molecule has 0 N–H and O–H groups in total. The fourth-order valence-electron chi connectivity index (χ4n) is 3.27. The van der Waals surface area contributed by atoms with Gasteiger partial charge >= 0.3 is 0 Å². The molecular formula is C15H23N5O2. The van der Waals surface area contributed by atoms with Crippen molar-refractivity contribution in [2.75, 3.05) is 47.3 Å². The maximum atomic E-state index is 12.7. The third-order valence-electron chi connectivity index (χ3n) is 4.87. The van der Waals surface area contributed by atoms with Crippen molar-refractivity contribution >= 4 is 17.6 Å². The topological polar surface area (TPSA) is 59.5 Å². The molecule has 0 spiro atoms. The summed E-state index contributed by atoms with van der Waals surface area (Å²) in [5, 5.41) is 5.82. The summed E-state index contributed by atoms with van der Waals surface area (Å²) in [4.78, 5) is 31.2. The highest BCUT2D eigenvalue weighted by Crippen LogP contribution is 2.32. The highest BCUT2D eigenvalue weighted by molar-refractivity contribution is 6.10. The van der Waals surface area contributed by atoms with Crippen molar-refractivity contribution in [2.45, 2.75) is 6.92 Å². The van der Waals surface area contributed by atoms with Crippen molar-refractivity contribution in [1.82, 2.24) is 19.7 Å². The molecule has 0 aromatic carbocycles. The van der Waals surface area contributed by atoms with E-state index in [1.165, 1.54) is 5.01 Å². The Bertz CT molecular complexity index is 562. The van der Waals surface area contributed by atoms with E-state index < -0.39 is 11.8 Å². The van der Waals surface area contributed by atoms with Crippen molar-refractivity contribution < 1.29 is 9.59 Å². The first-order valence-corrected chi connectivity index (χ1v) is 7.65. The molecular weight excluding hydrogens is 282 g/mol. The lowest BCUT2D eigenvalue weighted by Gasteiger charge is -2.43. The normalized spacial score (nSPS) is 30.3. The van der Waals surface area contributed by atoms with E-state index in [2.05, 4.69) is 21.9 Å². The van der Waals surface area contributed by atoms with E-state index in [0.29, 0.717) is 0 Å². The number of amides is 2. The number of nitrogens with zero attached hydrogens (tertiary/aromatic N) is 5. The van der Waals surface area contributed by atoms with E-state index in [4.69, 9.17) is 0 Å². The highest BCUT2D eigenvalue weighted by atomic mass is 16.2. The fraction of sp³-hybridized carbons (Fsp3) is 0.667. The van der Waals surface area contributed by atoms with Gasteiger partial charge < -0.3 is 14.7 Å². The standard InChI is InChI=1S/C15H23N5O2/c1-10-9-11-12(15(22)18(10)3)13(16-19(4)14(11)21)20-7-5-17(2)6-8-20/h9,11-12H,5-8H2,1-4H3. The Labute approximate surface area is 130 Å². The van der Waals surface area contributed by atoms with Crippen LogP contribution in [0.15, 0.2) is 16.9 Å². The van der Waals surface area contributed by atoms with Gasteiger partial charge in [0.05, 0.1) is 5.92 Å². The third kappa shape index (κ3) is 2.29. The molecule has 2 atom stereocenters. The molecule has 120 valence electrons. The van der Waals surface area contributed by atoms with E-state index in [1.807, 2.05) is 13.0 Å². The number of hydrazone groups is 1. The van der Waals surface area contributed by atoms with Crippen molar-refractivity contribution in [1.29, 1.82) is 0 Å². The summed E-state index contributed by atoms with van der Waals surface area (Å²) in [5.74, 6) is -0.324. The summed E-state index contributed by atoms with van der Waals surface area (Å²) in [5.41, 5.74) is 0.827. The smallest absolute Gasteiger partial charge is 0.250 e. The molecule has 0 aromatic rings. The van der Waals surface area contributed by atoms with Gasteiger partial charge in [0.25, 0.3) is 5.91 Å². The van der Waals surface area contributed by atoms with Gasteiger partial charge in [-0.2, -0.15) is 5.10 Å². The number of hydrogen-bond donors (Lipinski definition) is 0. The van der Waals surface area contributed by atoms with Crippen LogP contribution in [0.1, 0.15) is 6.92 Å². The Kier molecular flexibility index (Phi) is 3.68. The number of carbonyl (C=O) groups is 2. The molecule has 3 aliphatic heterocycles. The molecule has 3 heterocycles. The second-order valence-electron chi connectivity index (χ2n) is 6.32. The lowest BCUT2D eigenvalue weighted by Crippen LogP contribution is -2.58. The van der Waals surface area contributed by atoms with Gasteiger partial charge in [-0.05, 0) is 14.0 Å². The Balaban J connectivity index is 1.97. The lowest BCUT2D eigenvalue weighted by molar-refractivity contribution is -0.143. The Morgan fingerprint density at radius 2 is 1.68 bits per heavy atom. The maximum absolute atomic E-state index is 12.7. The number of hydrogen-bond acceptors (Lipinski definition) is 5. The monoisotopic (exact) mass is 305 g/mol. The predicted octanol–water partition coefficient (Wildman–Crippen LogP) is -0.372. The van der Waals surface area contributed by atoms with E-state index in [-0.39, 0.29) is 11.8 Å². The molecule has 7 nitrogen and oxygen atoms in total. The highest BCUT2D eigenvalue weighted by Gasteiger charge is 2.47. The van der Waals surface area contributed by atoms with Crippen LogP contribution in [-0.4, -0.2) is 84.7 Å². The minimum Gasteiger partial charge on any atom is -0.355 e. The summed E-state index contributed by atoms with van der Waals surface area (Å²) in [6, 6.07) is 0. The first-order chi connectivity index (χ1) is 10.4. The van der Waals surface area contributed by atoms with Gasteiger partial charge in [-0.25, -0.2) is 5.01 Å². The number of piperazine rings is 1. The molecule has 0 saturated carbocycles. The SMILES string of the molecule is CC1=CC2C(=O)N(C)N=C(N3CCN(C)CC3)C2C(=O)N1C. The first-order valence-electron chi connectivity index (χ1n) is 7.65. The van der Waals surface area contributed by atoms with Gasteiger partial charge in [0.15, 0.2) is 0 Å². The number of rotatable bonds is 0. The molecule has 2 unspecified atom stereocenters. The molecule has 0 aliphatic carbocycles. The molecule has 3 rings (SSSR count). The third-order valence-corrected chi connectivity index (χ3v) is 4.87. The zero-order valence-corrected chi connectivity index (χ0v) is 13.6. The van der Waals surface area contributed by atoms with Gasteiger partial charge in [-0.3, -0.25) is 9.59 Å². The van der Waals surface area contributed by atoms with Crippen LogP contribution in [0.3, 0.4) is 0 Å². The largest absolute Gasteiger partial charge is 0.355 e. The summed E-state index contributed by atoms with van der Waals surface area (Å²) in [6.07, 6.45) is 1.90. The summed E-state index contributed by atoms with van der Waals surface area (Å²) < 4.78 is 0. The van der Waals surface area contributed by atoms with Gasteiger partial charge in [0, 0.05) is 46.0 Å². The van der Waals surface area contributed by atoms with Crippen LogP contribution in [0.4, 0.5) is 0 Å². The Morgan fingerprint density at radius 1 is 1.05 bits per heavy atom. The Hall–Kier alpha value is -1.89. The predicted molar refractivity (Wildman–Crippen MR) is 82.8 cm³/mol. The molecule has 0 bridgehead atoms. The lowest BCUT2D eigenvalue weighted by atomic mass is 9.83. The zero-order chi connectivity index (χ0) is 16.0. The number of allylic oxidation sites excluding steroid dienone is 1. The van der Waals surface area contributed by atoms with E-state index >= 15 is 0 Å². The van der Waals surface area contributed by atoms with Crippen LogP contribution in [0.2, 0.25) is 0 Å². The summed E-state index contributed by atoms with van der Waals surface area (Å²) >= 11 is 0. The summed E-state index contributed by atoms with van der Waals surface area (Å²) in [6.45, 7) is 5.41. The van der Waals surface area contributed by atoms with E-state index in [1.54, 1.807) is 19.0 Å². The van der Waals surface area contributed by atoms with Crippen LogP contribution in [-0.2, 0) is 9.59 Å². The van der Waals surface area contributed by atoms with Crippen molar-refractivity contribution in [3.05, 3.63) is 11.8 Å². The van der Waals surface area contributed by atoms with Crippen LogP contribution in [0.25, 0.3) is 0 Å². The van der Waals surface area contributed by atoms with Gasteiger partial charge in [-0.15, -0.1) is 0 Å². The van der Waals surface area contributed by atoms with Crippen LogP contribution in [0, 0.1) is 11.8 Å². The second kappa shape index (κ2) is 5.39. The molecule has 22 heavy (non-hydrogen) atoms. The molecule has 0 aromatic heterocycles. The number of amidine groups is 1. The fourth-order valence-corrected chi connectivity index (χ4v) is 3.27. The number of carbonyl (C=O) groups excluding carboxylic acids is 2. The number of fused-ring (bicyclic) bond motifs is 1. The Morgan fingerprint density at radius 3 is 2.32 bits per heavy atom. The van der Waals surface area contributed by atoms with Gasteiger partial charge in [0.2, 0.25) is 5.91 Å². The van der Waals surface area contributed by atoms with E-state index in [0.717, 1.165) is 37.7 Å². The first kappa shape index (κ1) is 15.0. The summed E-state index contributed by atoms with van der Waals surface area (Å²) in [7, 11) is 5.51. The van der Waals surface area contributed by atoms with Crippen molar-refractivity contribution in [2.24, 2.45) is 16.9 Å². The molecule has 2 amide bonds. The van der Waals surface area contributed by atoms with Crippen molar-refractivity contribution in [3.8, 4) is 0 Å². The zero-order valence-electron chi connectivity index (χ0n) is 13.6. The van der Waals surface area contributed by atoms with Crippen LogP contribution in [0.5, 0.6) is 0 Å². The minimum atomic E-state index is -0.485. The molecule has 7 heteroatoms. The van der Waals surface area contributed by atoms with Crippen LogP contribution < -0.4 is 0 Å². The van der Waals surface area contributed by atoms with Crippen molar-refractivity contribution in [3.63, 3.8) is 0 Å². The minimum absolute atomic E-state index is 0.0378. The van der Waals surface area contributed by atoms with Crippen LogP contribution >= 0.6 is 0 Å². The quantitative estimate of drug-likeness (QED) is 0.612. The molecule has 1 saturated heterocycles. The molecule has 0 radical (unpaired) electrons. The van der Waals surface area contributed by atoms with Gasteiger partial charge in [0.1, 0.15) is 11.8 Å².